The minimum Gasteiger partial charge on any atom is -0.366 e. The van der Waals surface area contributed by atoms with Gasteiger partial charge in [-0.15, -0.1) is 10.2 Å². The molecule has 0 fully saturated rings. The van der Waals surface area contributed by atoms with Gasteiger partial charge in [-0.25, -0.2) is 4.39 Å². The number of primary amides is 1. The summed E-state index contributed by atoms with van der Waals surface area (Å²) in [7, 11) is 1.87. The Morgan fingerprint density at radius 3 is 2.90 bits per heavy atom. The Bertz CT molecular complexity index is 611. The van der Waals surface area contributed by atoms with Gasteiger partial charge in [0.15, 0.2) is 0 Å². The molecule has 0 atom stereocenters. The molecule has 106 valence electrons. The number of hydrogen-bond acceptors (Lipinski definition) is 4. The summed E-state index contributed by atoms with van der Waals surface area (Å²) in [5.74, 6) is -0.208. The first-order chi connectivity index (χ1) is 9.58. The van der Waals surface area contributed by atoms with E-state index in [1.165, 1.54) is 6.07 Å². The maximum atomic E-state index is 13.7. The molecule has 0 saturated carbocycles. The molecule has 1 amide bonds. The van der Waals surface area contributed by atoms with Gasteiger partial charge >= 0.3 is 0 Å². The van der Waals surface area contributed by atoms with Crippen LogP contribution in [-0.2, 0) is 20.0 Å². The standard InChI is InChI=1S/C13H16FN5O/c1-19-8-17-18-12(19)4-5-16-7-10-3-2-9(13(15)20)6-11(10)14/h2-3,6,8,16H,4-5,7H2,1H3,(H2,15,20). The van der Waals surface area contributed by atoms with Gasteiger partial charge in [0.25, 0.3) is 0 Å². The van der Waals surface area contributed by atoms with Crippen molar-refractivity contribution in [1.82, 2.24) is 20.1 Å². The summed E-state index contributed by atoms with van der Waals surface area (Å²) >= 11 is 0. The van der Waals surface area contributed by atoms with Gasteiger partial charge in [-0.3, -0.25) is 4.79 Å². The van der Waals surface area contributed by atoms with Crippen LogP contribution in [0.25, 0.3) is 0 Å². The summed E-state index contributed by atoms with van der Waals surface area (Å²) in [5.41, 5.74) is 5.75. The van der Waals surface area contributed by atoms with Crippen LogP contribution in [0.1, 0.15) is 21.7 Å². The fourth-order valence-corrected chi connectivity index (χ4v) is 1.80. The van der Waals surface area contributed by atoms with Crippen LogP contribution in [0.15, 0.2) is 24.5 Å². The minimum atomic E-state index is -0.634. The zero-order valence-electron chi connectivity index (χ0n) is 11.1. The summed E-state index contributed by atoms with van der Waals surface area (Å²) < 4.78 is 15.5. The minimum absolute atomic E-state index is 0.172. The van der Waals surface area contributed by atoms with Gasteiger partial charge in [-0.1, -0.05) is 6.07 Å². The molecule has 2 aromatic rings. The summed E-state index contributed by atoms with van der Waals surface area (Å²) in [6, 6.07) is 4.23. The number of rotatable bonds is 6. The van der Waals surface area contributed by atoms with E-state index in [9.17, 15) is 9.18 Å². The van der Waals surface area contributed by atoms with Crippen LogP contribution in [0.2, 0.25) is 0 Å². The predicted molar refractivity (Wildman–Crippen MR) is 71.3 cm³/mol. The fourth-order valence-electron chi connectivity index (χ4n) is 1.80. The number of nitrogens with zero attached hydrogens (tertiary/aromatic N) is 3. The molecular weight excluding hydrogens is 261 g/mol. The van der Waals surface area contributed by atoms with Crippen LogP contribution in [0.4, 0.5) is 4.39 Å². The average Bonchev–Trinajstić information content (AvgIpc) is 2.81. The Labute approximate surface area is 115 Å². The molecule has 3 N–H and O–H groups in total. The zero-order valence-corrected chi connectivity index (χ0v) is 11.1. The van der Waals surface area contributed by atoms with Crippen molar-refractivity contribution in [2.24, 2.45) is 12.8 Å². The molecule has 0 aliphatic carbocycles. The van der Waals surface area contributed by atoms with Crippen molar-refractivity contribution in [3.63, 3.8) is 0 Å². The number of aromatic nitrogens is 3. The highest BCUT2D eigenvalue weighted by Crippen LogP contribution is 2.10. The van der Waals surface area contributed by atoms with Gasteiger partial charge in [0.2, 0.25) is 5.91 Å². The van der Waals surface area contributed by atoms with Gasteiger partial charge in [0.1, 0.15) is 18.0 Å². The van der Waals surface area contributed by atoms with Crippen molar-refractivity contribution in [2.75, 3.05) is 6.54 Å². The van der Waals surface area contributed by atoms with Crippen LogP contribution in [0.3, 0.4) is 0 Å². The van der Waals surface area contributed by atoms with Crippen LogP contribution in [-0.4, -0.2) is 27.2 Å². The highest BCUT2D eigenvalue weighted by atomic mass is 19.1. The summed E-state index contributed by atoms with van der Waals surface area (Å²) in [6.45, 7) is 1.03. The second-order valence-electron chi connectivity index (χ2n) is 4.46. The van der Waals surface area contributed by atoms with Gasteiger partial charge in [0, 0.05) is 37.7 Å². The molecule has 1 heterocycles. The second kappa shape index (κ2) is 6.25. The van der Waals surface area contributed by atoms with Crippen molar-refractivity contribution in [3.05, 3.63) is 47.3 Å². The smallest absolute Gasteiger partial charge is 0.248 e. The molecule has 0 unspecified atom stereocenters. The molecule has 1 aromatic heterocycles. The maximum absolute atomic E-state index is 13.7. The summed E-state index contributed by atoms with van der Waals surface area (Å²) in [6.07, 6.45) is 2.34. The first-order valence-corrected chi connectivity index (χ1v) is 6.19. The third kappa shape index (κ3) is 3.39. The number of aryl methyl sites for hydroxylation is 1. The van der Waals surface area contributed by atoms with E-state index in [4.69, 9.17) is 5.73 Å². The van der Waals surface area contributed by atoms with Gasteiger partial charge < -0.3 is 15.6 Å². The monoisotopic (exact) mass is 277 g/mol. The lowest BCUT2D eigenvalue weighted by atomic mass is 10.1. The number of benzene rings is 1. The summed E-state index contributed by atoms with van der Waals surface area (Å²) in [4.78, 5) is 10.9. The lowest BCUT2D eigenvalue weighted by Crippen LogP contribution is -2.19. The molecule has 20 heavy (non-hydrogen) atoms. The Morgan fingerprint density at radius 1 is 1.50 bits per heavy atom. The van der Waals surface area contributed by atoms with Crippen molar-refractivity contribution in [2.45, 2.75) is 13.0 Å². The molecule has 0 saturated heterocycles. The molecule has 6 nitrogen and oxygen atoms in total. The SMILES string of the molecule is Cn1cnnc1CCNCc1ccc(C(N)=O)cc1F. The first kappa shape index (κ1) is 14.1. The van der Waals surface area contributed by atoms with E-state index in [2.05, 4.69) is 15.5 Å². The lowest BCUT2D eigenvalue weighted by Gasteiger charge is -2.06. The van der Waals surface area contributed by atoms with Crippen molar-refractivity contribution in [1.29, 1.82) is 0 Å². The number of nitrogens with two attached hydrogens (primary N) is 1. The number of halogens is 1. The largest absolute Gasteiger partial charge is 0.366 e. The lowest BCUT2D eigenvalue weighted by molar-refractivity contribution is 0.1000. The Hall–Kier alpha value is -2.28. The molecular formula is C13H16FN5O. The van der Waals surface area contributed by atoms with E-state index in [1.54, 1.807) is 12.4 Å². The van der Waals surface area contributed by atoms with Crippen LogP contribution in [0, 0.1) is 5.82 Å². The molecule has 2 rings (SSSR count). The van der Waals surface area contributed by atoms with Crippen LogP contribution in [0.5, 0.6) is 0 Å². The van der Waals surface area contributed by atoms with Gasteiger partial charge in [-0.2, -0.15) is 0 Å². The Morgan fingerprint density at radius 2 is 2.30 bits per heavy atom. The summed E-state index contributed by atoms with van der Waals surface area (Å²) in [5, 5.41) is 10.9. The average molecular weight is 277 g/mol. The maximum Gasteiger partial charge on any atom is 0.248 e. The molecule has 7 heteroatoms. The van der Waals surface area contributed by atoms with Crippen LogP contribution < -0.4 is 11.1 Å². The number of amides is 1. The molecule has 0 aliphatic heterocycles. The number of nitrogens with one attached hydrogen (secondary N) is 1. The molecule has 0 spiro atoms. The highest BCUT2D eigenvalue weighted by molar-refractivity contribution is 5.92. The van der Waals surface area contributed by atoms with Gasteiger partial charge in [0.05, 0.1) is 0 Å². The topological polar surface area (TPSA) is 85.8 Å². The Balaban J connectivity index is 1.85. The fraction of sp³-hybridized carbons (Fsp3) is 0.308. The zero-order chi connectivity index (χ0) is 14.5. The first-order valence-electron chi connectivity index (χ1n) is 6.19. The van der Waals surface area contributed by atoms with E-state index >= 15 is 0 Å². The molecule has 0 aliphatic rings. The molecule has 0 bridgehead atoms. The predicted octanol–water partition coefficient (Wildman–Crippen LogP) is 0.385. The number of carbonyl (C=O) groups is 1. The highest BCUT2D eigenvalue weighted by Gasteiger charge is 2.07. The van der Waals surface area contributed by atoms with Crippen molar-refractivity contribution in [3.8, 4) is 0 Å². The van der Waals surface area contributed by atoms with E-state index in [0.717, 1.165) is 11.9 Å². The van der Waals surface area contributed by atoms with E-state index in [0.29, 0.717) is 25.1 Å². The third-order valence-electron chi connectivity index (χ3n) is 2.98. The number of carbonyl (C=O) groups excluding carboxylic acids is 1. The van der Waals surface area contributed by atoms with E-state index in [1.807, 2.05) is 11.6 Å². The van der Waals surface area contributed by atoms with E-state index < -0.39 is 11.7 Å². The van der Waals surface area contributed by atoms with Gasteiger partial charge in [-0.05, 0) is 12.1 Å². The van der Waals surface area contributed by atoms with E-state index in [-0.39, 0.29) is 5.56 Å². The second-order valence-corrected chi connectivity index (χ2v) is 4.46. The normalized spacial score (nSPS) is 10.7. The quantitative estimate of drug-likeness (QED) is 0.748. The molecule has 0 radical (unpaired) electrons. The third-order valence-corrected chi connectivity index (χ3v) is 2.98. The van der Waals surface area contributed by atoms with Crippen molar-refractivity contribution < 1.29 is 9.18 Å². The molecule has 1 aromatic carbocycles. The Kier molecular flexibility index (Phi) is 4.41. The van der Waals surface area contributed by atoms with Crippen LogP contribution >= 0.6 is 0 Å². The number of hydrogen-bond donors (Lipinski definition) is 2. The van der Waals surface area contributed by atoms with Crippen molar-refractivity contribution >= 4 is 5.91 Å².